The van der Waals surface area contributed by atoms with Crippen LogP contribution < -0.4 is 5.32 Å². The fourth-order valence-electron chi connectivity index (χ4n) is 3.86. The summed E-state index contributed by atoms with van der Waals surface area (Å²) >= 11 is 0. The van der Waals surface area contributed by atoms with Gasteiger partial charge in [-0.3, -0.25) is 9.78 Å². The summed E-state index contributed by atoms with van der Waals surface area (Å²) in [5.41, 5.74) is 0.701. The van der Waals surface area contributed by atoms with Crippen LogP contribution in [0.3, 0.4) is 0 Å². The van der Waals surface area contributed by atoms with E-state index in [1.54, 1.807) is 6.07 Å². The topological polar surface area (TPSA) is 91.7 Å². The lowest BCUT2D eigenvalue weighted by Crippen LogP contribution is -2.33. The van der Waals surface area contributed by atoms with Gasteiger partial charge in [-0.05, 0) is 56.0 Å². The average molecular weight is 420 g/mol. The summed E-state index contributed by atoms with van der Waals surface area (Å²) in [6.45, 7) is 6.68. The first-order valence-electron chi connectivity index (χ1n) is 9.75. The van der Waals surface area contributed by atoms with E-state index >= 15 is 0 Å². The summed E-state index contributed by atoms with van der Waals surface area (Å²) in [6.07, 6.45) is -0.649. The number of carbonyl (C=O) groups is 1. The number of halogens is 2. The summed E-state index contributed by atoms with van der Waals surface area (Å²) < 4.78 is 33.9. The molecule has 1 amide bonds. The molecule has 3 rings (SSSR count). The molecule has 1 aliphatic heterocycles. The Morgan fingerprint density at radius 3 is 2.60 bits per heavy atom. The lowest BCUT2D eigenvalue weighted by molar-refractivity contribution is -0.131. The Hall–Kier alpha value is -2.42. The summed E-state index contributed by atoms with van der Waals surface area (Å²) in [6, 6.07) is 5.63. The van der Waals surface area contributed by atoms with Gasteiger partial charge in [-0.15, -0.1) is 0 Å². The van der Waals surface area contributed by atoms with Crippen LogP contribution in [0.5, 0.6) is 0 Å². The van der Waals surface area contributed by atoms with E-state index in [1.165, 1.54) is 25.3 Å². The van der Waals surface area contributed by atoms with Gasteiger partial charge in [0.25, 0.3) is 5.91 Å². The Bertz CT molecular complexity index is 933. The summed E-state index contributed by atoms with van der Waals surface area (Å²) in [7, 11) is 0. The quantitative estimate of drug-likeness (QED) is 0.691. The maximum Gasteiger partial charge on any atom is 0.254 e. The molecule has 0 unspecified atom stereocenters. The van der Waals surface area contributed by atoms with Crippen molar-refractivity contribution in [2.24, 2.45) is 5.92 Å². The lowest BCUT2D eigenvalue weighted by Gasteiger charge is -2.25. The number of aliphatic hydroxyl groups excluding tert-OH is 2. The van der Waals surface area contributed by atoms with Crippen molar-refractivity contribution in [2.45, 2.75) is 51.4 Å². The number of rotatable bonds is 5. The molecule has 2 aromatic rings. The molecular weight excluding hydrogens is 394 g/mol. The number of hydrogen-bond acceptors (Lipinski definition) is 5. The second-order valence-corrected chi connectivity index (χ2v) is 8.19. The fourth-order valence-corrected chi connectivity index (χ4v) is 3.86. The molecule has 0 radical (unpaired) electrons. The fraction of sp³-hybridized carbons (Fsp3) is 0.455. The number of pyridine rings is 1. The van der Waals surface area contributed by atoms with E-state index in [0.717, 1.165) is 6.07 Å². The zero-order valence-electron chi connectivity index (χ0n) is 17.3. The smallest absolute Gasteiger partial charge is 0.254 e. The highest BCUT2D eigenvalue weighted by molar-refractivity contribution is 5.95. The van der Waals surface area contributed by atoms with Crippen molar-refractivity contribution in [1.29, 1.82) is 0 Å². The molecule has 1 saturated heterocycles. The number of hydrogen-bond donors (Lipinski definition) is 3. The van der Waals surface area contributed by atoms with Gasteiger partial charge in [0, 0.05) is 5.92 Å². The molecule has 162 valence electrons. The standard InChI is InChI=1S/C22H26F2N2O4/c1-11-14(6-7-15(23)19(11)24)18-12(2)22(3,4)30-20(18)21(29)26-13-5-8-16(25-9-13)17(28)10-27/h5-9,12,17-18,20,27-28H,10H2,1-4H3,(H,26,29)/t12-,17-,18+,20-/m0/s1. The maximum absolute atomic E-state index is 14.2. The molecule has 0 aliphatic carbocycles. The molecule has 30 heavy (non-hydrogen) atoms. The van der Waals surface area contributed by atoms with Crippen LogP contribution >= 0.6 is 0 Å². The monoisotopic (exact) mass is 420 g/mol. The molecule has 1 fully saturated rings. The highest BCUT2D eigenvalue weighted by atomic mass is 19.2. The number of ether oxygens (including phenoxy) is 1. The lowest BCUT2D eigenvalue weighted by atomic mass is 9.77. The molecule has 0 saturated carbocycles. The van der Waals surface area contributed by atoms with Crippen LogP contribution in [0.4, 0.5) is 14.5 Å². The van der Waals surface area contributed by atoms with E-state index in [9.17, 15) is 18.7 Å². The van der Waals surface area contributed by atoms with Gasteiger partial charge in [0.1, 0.15) is 12.2 Å². The van der Waals surface area contributed by atoms with E-state index in [0.29, 0.717) is 11.3 Å². The van der Waals surface area contributed by atoms with Crippen LogP contribution in [0.2, 0.25) is 0 Å². The number of benzene rings is 1. The molecule has 4 atom stereocenters. The number of aliphatic hydroxyl groups is 2. The molecule has 0 spiro atoms. The summed E-state index contributed by atoms with van der Waals surface area (Å²) in [5.74, 6) is -2.90. The first-order chi connectivity index (χ1) is 14.1. The molecule has 1 aliphatic rings. The molecular formula is C22H26F2N2O4. The average Bonchev–Trinajstić information content (AvgIpc) is 2.96. The van der Waals surface area contributed by atoms with Gasteiger partial charge in [0.15, 0.2) is 11.6 Å². The largest absolute Gasteiger partial charge is 0.393 e. The van der Waals surface area contributed by atoms with Crippen molar-refractivity contribution >= 4 is 11.6 Å². The van der Waals surface area contributed by atoms with Crippen LogP contribution in [0.15, 0.2) is 30.5 Å². The van der Waals surface area contributed by atoms with Crippen molar-refractivity contribution in [3.8, 4) is 0 Å². The molecule has 3 N–H and O–H groups in total. The van der Waals surface area contributed by atoms with Gasteiger partial charge in [0.2, 0.25) is 0 Å². The molecule has 8 heteroatoms. The van der Waals surface area contributed by atoms with Crippen molar-refractivity contribution in [3.05, 3.63) is 58.9 Å². The van der Waals surface area contributed by atoms with E-state index in [4.69, 9.17) is 9.84 Å². The van der Waals surface area contributed by atoms with E-state index < -0.39 is 47.9 Å². The van der Waals surface area contributed by atoms with Crippen molar-refractivity contribution in [2.75, 3.05) is 11.9 Å². The Morgan fingerprint density at radius 1 is 1.30 bits per heavy atom. The highest BCUT2D eigenvalue weighted by Crippen LogP contribution is 2.47. The minimum Gasteiger partial charge on any atom is -0.393 e. The molecule has 2 heterocycles. The van der Waals surface area contributed by atoms with Crippen LogP contribution in [0.1, 0.15) is 49.6 Å². The summed E-state index contributed by atoms with van der Waals surface area (Å²) in [4.78, 5) is 17.1. The Balaban J connectivity index is 1.89. The maximum atomic E-state index is 14.2. The highest BCUT2D eigenvalue weighted by Gasteiger charge is 2.51. The Kier molecular flexibility index (Phi) is 6.21. The van der Waals surface area contributed by atoms with Crippen molar-refractivity contribution in [1.82, 2.24) is 4.98 Å². The zero-order valence-corrected chi connectivity index (χ0v) is 17.3. The SMILES string of the molecule is Cc1c([C@@H]2[C@@H](C(=O)Nc3ccc([C@@H](O)CO)nc3)OC(C)(C)[C@H]2C)ccc(F)c1F. The van der Waals surface area contributed by atoms with Gasteiger partial charge in [-0.1, -0.05) is 13.0 Å². The van der Waals surface area contributed by atoms with E-state index in [1.807, 2.05) is 20.8 Å². The van der Waals surface area contributed by atoms with Crippen molar-refractivity contribution < 1.29 is 28.5 Å². The minimum atomic E-state index is -1.10. The molecule has 6 nitrogen and oxygen atoms in total. The van der Waals surface area contributed by atoms with Gasteiger partial charge >= 0.3 is 0 Å². The van der Waals surface area contributed by atoms with Crippen LogP contribution in [-0.2, 0) is 9.53 Å². The van der Waals surface area contributed by atoms with Crippen LogP contribution in [0, 0.1) is 24.5 Å². The number of anilines is 1. The predicted octanol–water partition coefficient (Wildman–Crippen LogP) is 3.23. The second-order valence-electron chi connectivity index (χ2n) is 8.19. The normalized spacial score (nSPS) is 23.9. The van der Waals surface area contributed by atoms with E-state index in [-0.39, 0.29) is 17.2 Å². The second kappa shape index (κ2) is 8.37. The number of nitrogens with one attached hydrogen (secondary N) is 1. The third-order valence-corrected chi connectivity index (χ3v) is 5.96. The summed E-state index contributed by atoms with van der Waals surface area (Å²) in [5, 5.41) is 21.3. The van der Waals surface area contributed by atoms with Gasteiger partial charge < -0.3 is 20.3 Å². The zero-order chi connectivity index (χ0) is 22.2. The van der Waals surface area contributed by atoms with Gasteiger partial charge in [-0.2, -0.15) is 0 Å². The third kappa shape index (κ3) is 4.08. The van der Waals surface area contributed by atoms with E-state index in [2.05, 4.69) is 10.3 Å². The number of carbonyl (C=O) groups excluding carboxylic acids is 1. The molecule has 1 aromatic carbocycles. The van der Waals surface area contributed by atoms with Gasteiger partial charge in [-0.25, -0.2) is 8.78 Å². The van der Waals surface area contributed by atoms with Crippen LogP contribution in [0.25, 0.3) is 0 Å². The predicted molar refractivity (Wildman–Crippen MR) is 107 cm³/mol. The number of nitrogens with zero attached hydrogens (tertiary/aromatic N) is 1. The molecule has 0 bridgehead atoms. The molecule has 1 aromatic heterocycles. The first-order valence-corrected chi connectivity index (χ1v) is 9.75. The number of aromatic nitrogens is 1. The van der Waals surface area contributed by atoms with Crippen LogP contribution in [-0.4, -0.2) is 39.4 Å². The number of amides is 1. The third-order valence-electron chi connectivity index (χ3n) is 5.96. The van der Waals surface area contributed by atoms with Crippen molar-refractivity contribution in [3.63, 3.8) is 0 Å². The first kappa shape index (κ1) is 22.3. The van der Waals surface area contributed by atoms with Gasteiger partial charge in [0.05, 0.1) is 29.8 Å². The minimum absolute atomic E-state index is 0.142. The Labute approximate surface area is 173 Å². The Morgan fingerprint density at radius 2 is 2.00 bits per heavy atom.